The van der Waals surface area contributed by atoms with E-state index in [0.717, 1.165) is 13.1 Å². The molecule has 1 aliphatic carbocycles. The van der Waals surface area contributed by atoms with Crippen molar-refractivity contribution in [3.8, 4) is 0 Å². The molecule has 92 valence electrons. The molecule has 1 aromatic rings. The van der Waals surface area contributed by atoms with Crippen LogP contribution in [0, 0.1) is 5.41 Å². The van der Waals surface area contributed by atoms with E-state index in [0.29, 0.717) is 11.2 Å². The highest BCUT2D eigenvalue weighted by Gasteiger charge is 2.38. The molecule has 3 heteroatoms. The first-order valence-electron chi connectivity index (χ1n) is 6.62. The van der Waals surface area contributed by atoms with Crippen molar-refractivity contribution in [1.82, 2.24) is 4.90 Å². The second-order valence-electron chi connectivity index (χ2n) is 5.48. The van der Waals surface area contributed by atoms with Crippen molar-refractivity contribution in [3.63, 3.8) is 0 Å². The standard InChI is InChI=1S/C14H19NO2/c16-13(12-4-3-11-17-12)15-9-7-14(8-10-15)5-1-2-6-14/h3-4,11H,1-2,5-10H2. The Balaban J connectivity index is 1.63. The molecule has 1 aliphatic heterocycles. The molecule has 0 aromatic carbocycles. The SMILES string of the molecule is O=C(c1ccco1)N1CCC2(CCCC2)CC1. The normalized spacial score (nSPS) is 23.2. The van der Waals surface area contributed by atoms with Crippen LogP contribution < -0.4 is 0 Å². The molecule has 1 aromatic heterocycles. The number of piperidine rings is 1. The van der Waals surface area contributed by atoms with E-state index in [1.54, 1.807) is 18.4 Å². The number of hydrogen-bond acceptors (Lipinski definition) is 2. The smallest absolute Gasteiger partial charge is 0.289 e. The van der Waals surface area contributed by atoms with Crippen molar-refractivity contribution >= 4 is 5.91 Å². The van der Waals surface area contributed by atoms with Crippen molar-refractivity contribution < 1.29 is 9.21 Å². The van der Waals surface area contributed by atoms with Gasteiger partial charge in [0.25, 0.3) is 5.91 Å². The first-order valence-corrected chi connectivity index (χ1v) is 6.62. The van der Waals surface area contributed by atoms with E-state index in [-0.39, 0.29) is 5.91 Å². The van der Waals surface area contributed by atoms with Gasteiger partial charge in [0.2, 0.25) is 0 Å². The third-order valence-electron chi connectivity index (χ3n) is 4.51. The van der Waals surface area contributed by atoms with Gasteiger partial charge in [0.05, 0.1) is 6.26 Å². The van der Waals surface area contributed by atoms with Crippen LogP contribution in [0.1, 0.15) is 49.1 Å². The Morgan fingerprint density at radius 2 is 1.88 bits per heavy atom. The monoisotopic (exact) mass is 233 g/mol. The lowest BCUT2D eigenvalue weighted by Crippen LogP contribution is -2.42. The highest BCUT2D eigenvalue weighted by Crippen LogP contribution is 2.46. The van der Waals surface area contributed by atoms with E-state index >= 15 is 0 Å². The van der Waals surface area contributed by atoms with Crippen LogP contribution in [-0.4, -0.2) is 23.9 Å². The van der Waals surface area contributed by atoms with Crippen molar-refractivity contribution in [3.05, 3.63) is 24.2 Å². The minimum Gasteiger partial charge on any atom is -0.459 e. The summed E-state index contributed by atoms with van der Waals surface area (Å²) in [5, 5.41) is 0. The number of carbonyl (C=O) groups is 1. The third-order valence-corrected chi connectivity index (χ3v) is 4.51. The van der Waals surface area contributed by atoms with Crippen molar-refractivity contribution in [1.29, 1.82) is 0 Å². The predicted octanol–water partition coefficient (Wildman–Crippen LogP) is 3.08. The molecular formula is C14H19NO2. The van der Waals surface area contributed by atoms with Crippen LogP contribution in [0.25, 0.3) is 0 Å². The summed E-state index contributed by atoms with van der Waals surface area (Å²) in [5.74, 6) is 0.537. The van der Waals surface area contributed by atoms with Gasteiger partial charge in [-0.2, -0.15) is 0 Å². The second-order valence-corrected chi connectivity index (χ2v) is 5.48. The molecule has 0 bridgehead atoms. The van der Waals surface area contributed by atoms with Crippen LogP contribution in [0.15, 0.2) is 22.8 Å². The molecule has 0 radical (unpaired) electrons. The summed E-state index contributed by atoms with van der Waals surface area (Å²) in [4.78, 5) is 14.0. The fourth-order valence-corrected chi connectivity index (χ4v) is 3.37. The Hall–Kier alpha value is -1.25. The minimum absolute atomic E-state index is 0.0582. The lowest BCUT2D eigenvalue weighted by Gasteiger charge is -2.39. The lowest BCUT2D eigenvalue weighted by molar-refractivity contribution is 0.0557. The third kappa shape index (κ3) is 1.99. The highest BCUT2D eigenvalue weighted by atomic mass is 16.3. The van der Waals surface area contributed by atoms with Gasteiger partial charge in [0.15, 0.2) is 5.76 Å². The number of amides is 1. The zero-order valence-corrected chi connectivity index (χ0v) is 10.2. The molecular weight excluding hydrogens is 214 g/mol. The first kappa shape index (κ1) is 10.9. The average molecular weight is 233 g/mol. The maximum absolute atomic E-state index is 12.1. The summed E-state index contributed by atoms with van der Waals surface area (Å²) >= 11 is 0. The summed E-state index contributed by atoms with van der Waals surface area (Å²) in [6.07, 6.45) is 9.43. The Morgan fingerprint density at radius 1 is 1.18 bits per heavy atom. The lowest BCUT2D eigenvalue weighted by atomic mass is 9.77. The van der Waals surface area contributed by atoms with E-state index in [9.17, 15) is 4.79 Å². The Morgan fingerprint density at radius 3 is 2.47 bits per heavy atom. The van der Waals surface area contributed by atoms with Crippen LogP contribution in [-0.2, 0) is 0 Å². The molecule has 0 atom stereocenters. The zero-order valence-electron chi connectivity index (χ0n) is 10.2. The van der Waals surface area contributed by atoms with Crippen LogP contribution in [0.3, 0.4) is 0 Å². The summed E-state index contributed by atoms with van der Waals surface area (Å²) in [6.45, 7) is 1.80. The van der Waals surface area contributed by atoms with E-state index < -0.39 is 0 Å². The van der Waals surface area contributed by atoms with Crippen LogP contribution in [0.5, 0.6) is 0 Å². The van der Waals surface area contributed by atoms with Gasteiger partial charge in [-0.1, -0.05) is 12.8 Å². The molecule has 1 saturated carbocycles. The Bertz CT molecular complexity index is 380. The van der Waals surface area contributed by atoms with Gasteiger partial charge < -0.3 is 9.32 Å². The molecule has 0 N–H and O–H groups in total. The summed E-state index contributed by atoms with van der Waals surface area (Å²) < 4.78 is 5.17. The fourth-order valence-electron chi connectivity index (χ4n) is 3.37. The Labute approximate surface area is 102 Å². The molecule has 3 rings (SSSR count). The van der Waals surface area contributed by atoms with Crippen molar-refractivity contribution in [2.75, 3.05) is 13.1 Å². The number of rotatable bonds is 1. The van der Waals surface area contributed by atoms with Crippen LogP contribution in [0.2, 0.25) is 0 Å². The van der Waals surface area contributed by atoms with Crippen molar-refractivity contribution in [2.45, 2.75) is 38.5 Å². The number of carbonyl (C=O) groups excluding carboxylic acids is 1. The van der Waals surface area contributed by atoms with E-state index in [1.807, 2.05) is 4.90 Å². The summed E-state index contributed by atoms with van der Waals surface area (Å²) in [5.41, 5.74) is 0.569. The predicted molar refractivity (Wildman–Crippen MR) is 64.7 cm³/mol. The van der Waals surface area contributed by atoms with Gasteiger partial charge in [-0.3, -0.25) is 4.79 Å². The fraction of sp³-hybridized carbons (Fsp3) is 0.643. The number of nitrogens with zero attached hydrogens (tertiary/aromatic N) is 1. The maximum Gasteiger partial charge on any atom is 0.289 e. The van der Waals surface area contributed by atoms with Crippen LogP contribution >= 0.6 is 0 Å². The molecule has 2 aliphatic rings. The molecule has 1 spiro atoms. The van der Waals surface area contributed by atoms with Gasteiger partial charge in [0.1, 0.15) is 0 Å². The Kier molecular flexibility index (Phi) is 2.69. The molecule has 3 nitrogen and oxygen atoms in total. The first-order chi connectivity index (χ1) is 8.29. The van der Waals surface area contributed by atoms with E-state index in [4.69, 9.17) is 4.42 Å². The molecule has 1 saturated heterocycles. The van der Waals surface area contributed by atoms with Gasteiger partial charge in [0, 0.05) is 13.1 Å². The highest BCUT2D eigenvalue weighted by molar-refractivity contribution is 5.91. The molecule has 2 heterocycles. The number of likely N-dealkylation sites (tertiary alicyclic amines) is 1. The van der Waals surface area contributed by atoms with Gasteiger partial charge in [-0.05, 0) is 43.2 Å². The van der Waals surface area contributed by atoms with Gasteiger partial charge in [-0.15, -0.1) is 0 Å². The molecule has 0 unspecified atom stereocenters. The minimum atomic E-state index is 0.0582. The topological polar surface area (TPSA) is 33.5 Å². The maximum atomic E-state index is 12.1. The summed E-state index contributed by atoms with van der Waals surface area (Å²) in [6, 6.07) is 3.53. The van der Waals surface area contributed by atoms with E-state index in [1.165, 1.54) is 38.5 Å². The van der Waals surface area contributed by atoms with E-state index in [2.05, 4.69) is 0 Å². The summed E-state index contributed by atoms with van der Waals surface area (Å²) in [7, 11) is 0. The van der Waals surface area contributed by atoms with Crippen LogP contribution in [0.4, 0.5) is 0 Å². The van der Waals surface area contributed by atoms with Crippen molar-refractivity contribution in [2.24, 2.45) is 5.41 Å². The number of furan rings is 1. The largest absolute Gasteiger partial charge is 0.459 e. The van der Waals surface area contributed by atoms with Gasteiger partial charge in [-0.25, -0.2) is 0 Å². The average Bonchev–Trinajstić information content (AvgIpc) is 3.01. The van der Waals surface area contributed by atoms with Gasteiger partial charge >= 0.3 is 0 Å². The molecule has 1 amide bonds. The number of hydrogen-bond donors (Lipinski definition) is 0. The quantitative estimate of drug-likeness (QED) is 0.747. The zero-order chi connectivity index (χ0) is 11.7. The molecule has 2 fully saturated rings. The molecule has 17 heavy (non-hydrogen) atoms. The second kappa shape index (κ2) is 4.21.